The van der Waals surface area contributed by atoms with Crippen LogP contribution in [-0.4, -0.2) is 40.2 Å². The van der Waals surface area contributed by atoms with Crippen LogP contribution in [0.3, 0.4) is 0 Å². The van der Waals surface area contributed by atoms with E-state index in [9.17, 15) is 9.59 Å². The van der Waals surface area contributed by atoms with Gasteiger partial charge in [0.1, 0.15) is 4.83 Å². The molecule has 29 heavy (non-hydrogen) atoms. The van der Waals surface area contributed by atoms with Gasteiger partial charge in [0.05, 0.1) is 16.8 Å². The highest BCUT2D eigenvalue weighted by molar-refractivity contribution is 7.99. The predicted octanol–water partition coefficient (Wildman–Crippen LogP) is 4.29. The number of carbonyl (C=O) groups excluding carboxylic acids is 1. The number of aromatic nitrogens is 2. The third-order valence-electron chi connectivity index (χ3n) is 4.43. The molecule has 146 valence electrons. The number of hydrogen-bond acceptors (Lipinski definition) is 5. The van der Waals surface area contributed by atoms with Crippen LogP contribution in [-0.2, 0) is 4.79 Å². The van der Waals surface area contributed by atoms with Crippen LogP contribution < -0.4 is 5.56 Å². The molecule has 0 bridgehead atoms. The van der Waals surface area contributed by atoms with Gasteiger partial charge in [0, 0.05) is 19.0 Å². The van der Waals surface area contributed by atoms with E-state index in [1.807, 2.05) is 66.7 Å². The quantitative estimate of drug-likeness (QED) is 0.356. The van der Waals surface area contributed by atoms with Gasteiger partial charge in [-0.3, -0.25) is 14.2 Å². The van der Waals surface area contributed by atoms with Crippen molar-refractivity contribution >= 4 is 39.2 Å². The second-order valence-electron chi connectivity index (χ2n) is 6.64. The fourth-order valence-corrected chi connectivity index (χ4v) is 4.93. The van der Waals surface area contributed by atoms with Gasteiger partial charge in [0.2, 0.25) is 5.91 Å². The van der Waals surface area contributed by atoms with Crippen LogP contribution in [0.4, 0.5) is 0 Å². The van der Waals surface area contributed by atoms with E-state index in [2.05, 4.69) is 0 Å². The number of fused-ring (bicyclic) bond motifs is 1. The van der Waals surface area contributed by atoms with E-state index in [1.54, 1.807) is 18.7 Å². The Morgan fingerprint density at radius 1 is 1.07 bits per heavy atom. The first-order valence-corrected chi connectivity index (χ1v) is 10.8. The molecule has 0 aliphatic rings. The largest absolute Gasteiger partial charge is 0.348 e. The van der Waals surface area contributed by atoms with Gasteiger partial charge >= 0.3 is 0 Å². The molecule has 0 atom stereocenters. The van der Waals surface area contributed by atoms with E-state index in [4.69, 9.17) is 4.98 Å². The summed E-state index contributed by atoms with van der Waals surface area (Å²) < 4.78 is 1.59. The SMILES string of the molecule is CN(C)C(=O)CSc1nc2sc(-c3ccccc3)cc2c(=O)n1-c1ccccc1. The Kier molecular flexibility index (Phi) is 5.51. The van der Waals surface area contributed by atoms with Crippen LogP contribution in [0.5, 0.6) is 0 Å². The first-order chi connectivity index (χ1) is 14.0. The molecule has 2 aromatic heterocycles. The molecule has 5 nitrogen and oxygen atoms in total. The molecule has 0 fully saturated rings. The zero-order valence-corrected chi connectivity index (χ0v) is 17.7. The topological polar surface area (TPSA) is 55.2 Å². The Balaban J connectivity index is 1.87. The van der Waals surface area contributed by atoms with E-state index in [-0.39, 0.29) is 17.2 Å². The number of para-hydroxylation sites is 1. The fourth-order valence-electron chi connectivity index (χ4n) is 2.86. The Bertz CT molecular complexity index is 1220. The second kappa shape index (κ2) is 8.23. The van der Waals surface area contributed by atoms with E-state index >= 15 is 0 Å². The van der Waals surface area contributed by atoms with Crippen LogP contribution >= 0.6 is 23.1 Å². The highest BCUT2D eigenvalue weighted by Crippen LogP contribution is 2.32. The fraction of sp³-hybridized carbons (Fsp3) is 0.136. The summed E-state index contributed by atoms with van der Waals surface area (Å²) >= 11 is 2.77. The molecule has 0 aliphatic carbocycles. The average Bonchev–Trinajstić information content (AvgIpc) is 3.18. The molecule has 4 aromatic rings. The minimum Gasteiger partial charge on any atom is -0.348 e. The van der Waals surface area contributed by atoms with Crippen LogP contribution in [0.2, 0.25) is 0 Å². The maximum atomic E-state index is 13.4. The van der Waals surface area contributed by atoms with E-state index in [1.165, 1.54) is 28.0 Å². The molecule has 1 amide bonds. The van der Waals surface area contributed by atoms with Gasteiger partial charge in [0.25, 0.3) is 5.56 Å². The summed E-state index contributed by atoms with van der Waals surface area (Å²) in [7, 11) is 3.43. The number of carbonyl (C=O) groups is 1. The number of hydrogen-bond donors (Lipinski definition) is 0. The first kappa shape index (κ1) is 19.4. The second-order valence-corrected chi connectivity index (χ2v) is 8.62. The molecule has 0 unspecified atom stereocenters. The number of thioether (sulfide) groups is 1. The van der Waals surface area contributed by atoms with Crippen molar-refractivity contribution in [3.8, 4) is 16.1 Å². The van der Waals surface area contributed by atoms with Gasteiger partial charge < -0.3 is 4.90 Å². The highest BCUT2D eigenvalue weighted by Gasteiger charge is 2.17. The third-order valence-corrected chi connectivity index (χ3v) is 6.43. The van der Waals surface area contributed by atoms with Crippen LogP contribution in [0, 0.1) is 0 Å². The molecule has 0 aliphatic heterocycles. The number of amides is 1. The Labute approximate surface area is 176 Å². The lowest BCUT2D eigenvalue weighted by Crippen LogP contribution is -2.25. The number of rotatable bonds is 5. The Morgan fingerprint density at radius 3 is 2.38 bits per heavy atom. The lowest BCUT2D eigenvalue weighted by molar-refractivity contribution is -0.125. The Hall–Kier alpha value is -2.90. The van der Waals surface area contributed by atoms with Crippen molar-refractivity contribution in [2.45, 2.75) is 5.16 Å². The molecule has 0 saturated carbocycles. The monoisotopic (exact) mass is 421 g/mol. The molecular formula is C22H19N3O2S2. The molecule has 0 radical (unpaired) electrons. The number of benzene rings is 2. The lowest BCUT2D eigenvalue weighted by atomic mass is 10.2. The molecule has 0 saturated heterocycles. The minimum absolute atomic E-state index is 0.0277. The van der Waals surface area contributed by atoms with Crippen molar-refractivity contribution in [1.29, 1.82) is 0 Å². The normalized spacial score (nSPS) is 11.0. The summed E-state index contributed by atoms with van der Waals surface area (Å²) in [4.78, 5) is 33.5. The smallest absolute Gasteiger partial charge is 0.267 e. The van der Waals surface area contributed by atoms with Gasteiger partial charge in [-0.15, -0.1) is 11.3 Å². The van der Waals surface area contributed by atoms with E-state index < -0.39 is 0 Å². The van der Waals surface area contributed by atoms with Gasteiger partial charge in [-0.05, 0) is 23.8 Å². The van der Waals surface area contributed by atoms with Gasteiger partial charge in [-0.2, -0.15) is 0 Å². The van der Waals surface area contributed by atoms with Gasteiger partial charge in [0.15, 0.2) is 5.16 Å². The average molecular weight is 422 g/mol. The molecular weight excluding hydrogens is 402 g/mol. The van der Waals surface area contributed by atoms with Crippen molar-refractivity contribution in [3.05, 3.63) is 77.1 Å². The summed E-state index contributed by atoms with van der Waals surface area (Å²) in [6.07, 6.45) is 0. The van der Waals surface area contributed by atoms with Gasteiger partial charge in [-0.1, -0.05) is 60.3 Å². The molecule has 2 heterocycles. The summed E-state index contributed by atoms with van der Waals surface area (Å²) in [6, 6.07) is 21.3. The molecule has 0 spiro atoms. The maximum absolute atomic E-state index is 13.4. The van der Waals surface area contributed by atoms with Crippen LogP contribution in [0.1, 0.15) is 0 Å². The van der Waals surface area contributed by atoms with Crippen molar-refractivity contribution in [2.75, 3.05) is 19.8 Å². The third kappa shape index (κ3) is 3.97. The summed E-state index contributed by atoms with van der Waals surface area (Å²) in [5.74, 6) is 0.189. The first-order valence-electron chi connectivity index (χ1n) is 9.05. The number of thiophene rings is 1. The lowest BCUT2D eigenvalue weighted by Gasteiger charge is -2.13. The zero-order chi connectivity index (χ0) is 20.4. The highest BCUT2D eigenvalue weighted by atomic mass is 32.2. The number of nitrogens with zero attached hydrogens (tertiary/aromatic N) is 3. The van der Waals surface area contributed by atoms with Crippen molar-refractivity contribution in [1.82, 2.24) is 14.5 Å². The standard InChI is InChI=1S/C22H19N3O2S2/c1-24(2)19(26)14-28-22-23-20-17(13-18(29-20)15-9-5-3-6-10-15)21(27)25(22)16-11-7-4-8-12-16/h3-13H,14H2,1-2H3. The predicted molar refractivity (Wildman–Crippen MR) is 120 cm³/mol. The molecule has 2 aromatic carbocycles. The van der Waals surface area contributed by atoms with E-state index in [0.717, 1.165) is 16.1 Å². The van der Waals surface area contributed by atoms with Crippen molar-refractivity contribution < 1.29 is 4.79 Å². The van der Waals surface area contributed by atoms with Crippen molar-refractivity contribution in [3.63, 3.8) is 0 Å². The Morgan fingerprint density at radius 2 is 1.72 bits per heavy atom. The van der Waals surface area contributed by atoms with Crippen LogP contribution in [0.25, 0.3) is 26.3 Å². The summed E-state index contributed by atoms with van der Waals surface area (Å²) in [5, 5.41) is 1.10. The zero-order valence-electron chi connectivity index (χ0n) is 16.0. The minimum atomic E-state index is -0.126. The van der Waals surface area contributed by atoms with Crippen molar-refractivity contribution in [2.24, 2.45) is 0 Å². The molecule has 0 N–H and O–H groups in total. The maximum Gasteiger partial charge on any atom is 0.267 e. The molecule has 4 rings (SSSR count). The summed E-state index contributed by atoms with van der Waals surface area (Å²) in [5.41, 5.74) is 1.66. The van der Waals surface area contributed by atoms with Gasteiger partial charge in [-0.25, -0.2) is 4.98 Å². The van der Waals surface area contributed by atoms with E-state index in [0.29, 0.717) is 15.4 Å². The van der Waals surface area contributed by atoms with Crippen LogP contribution in [0.15, 0.2) is 76.7 Å². The molecule has 7 heteroatoms. The summed E-state index contributed by atoms with van der Waals surface area (Å²) in [6.45, 7) is 0.